The highest BCUT2D eigenvalue weighted by Gasteiger charge is 2.46. The molecule has 3 rings (SSSR count). The Morgan fingerprint density at radius 2 is 2.14 bits per heavy atom. The average molecular weight is 331 g/mol. The van der Waals surface area contributed by atoms with E-state index < -0.39 is 11.6 Å². The molecule has 2 fully saturated rings. The molecule has 1 aliphatic heterocycles. The van der Waals surface area contributed by atoms with Gasteiger partial charge >= 0.3 is 0 Å². The summed E-state index contributed by atoms with van der Waals surface area (Å²) in [5.41, 5.74) is 0.324. The van der Waals surface area contributed by atoms with E-state index in [9.17, 15) is 13.6 Å². The summed E-state index contributed by atoms with van der Waals surface area (Å²) in [6.07, 6.45) is 2.61. The molecular formula is C16H21ClF2N2O. The number of amides is 1. The summed E-state index contributed by atoms with van der Waals surface area (Å²) in [5, 5.41) is 6.38. The van der Waals surface area contributed by atoms with Crippen LogP contribution in [0.25, 0.3) is 0 Å². The highest BCUT2D eigenvalue weighted by Crippen LogP contribution is 2.48. The predicted octanol–water partition coefficient (Wildman–Crippen LogP) is 2.75. The fourth-order valence-electron chi connectivity index (χ4n) is 3.17. The molecule has 2 N–H and O–H groups in total. The molecule has 0 spiro atoms. The SMILES string of the molecule is CC1NCCCC1NC(=O)C1CC1c1cccc(F)c1F.Cl. The topological polar surface area (TPSA) is 41.1 Å². The molecule has 1 aromatic carbocycles. The molecule has 1 aromatic rings. The van der Waals surface area contributed by atoms with Gasteiger partial charge in [0.2, 0.25) is 5.91 Å². The highest BCUT2D eigenvalue weighted by atomic mass is 35.5. The minimum absolute atomic E-state index is 0. The van der Waals surface area contributed by atoms with Gasteiger partial charge in [-0.1, -0.05) is 12.1 Å². The van der Waals surface area contributed by atoms with Gasteiger partial charge in [0.1, 0.15) is 0 Å². The Bertz CT molecular complexity index is 555. The zero-order valence-corrected chi connectivity index (χ0v) is 13.3. The quantitative estimate of drug-likeness (QED) is 0.894. The molecule has 122 valence electrons. The molecule has 22 heavy (non-hydrogen) atoms. The number of nitrogens with one attached hydrogen (secondary N) is 2. The second-order valence-electron chi connectivity index (χ2n) is 6.09. The summed E-state index contributed by atoms with van der Waals surface area (Å²) in [5.74, 6) is -2.11. The Balaban J connectivity index is 0.00000176. The summed E-state index contributed by atoms with van der Waals surface area (Å²) in [6.45, 7) is 3.04. The summed E-state index contributed by atoms with van der Waals surface area (Å²) >= 11 is 0. The lowest BCUT2D eigenvalue weighted by molar-refractivity contribution is -0.123. The van der Waals surface area contributed by atoms with E-state index >= 15 is 0 Å². The van der Waals surface area contributed by atoms with Gasteiger partial charge in [-0.2, -0.15) is 0 Å². The minimum atomic E-state index is -0.844. The van der Waals surface area contributed by atoms with Crippen molar-refractivity contribution in [2.75, 3.05) is 6.54 Å². The van der Waals surface area contributed by atoms with Crippen molar-refractivity contribution in [1.82, 2.24) is 10.6 Å². The van der Waals surface area contributed by atoms with Gasteiger partial charge in [0, 0.05) is 18.0 Å². The van der Waals surface area contributed by atoms with Crippen LogP contribution in [0.1, 0.15) is 37.7 Å². The first-order valence-corrected chi connectivity index (χ1v) is 7.55. The number of hydrogen-bond donors (Lipinski definition) is 2. The lowest BCUT2D eigenvalue weighted by Crippen LogP contribution is -2.52. The first-order chi connectivity index (χ1) is 10.1. The lowest BCUT2D eigenvalue weighted by atomic mass is 9.99. The number of piperidine rings is 1. The number of halogens is 3. The van der Waals surface area contributed by atoms with Gasteiger partial charge in [-0.25, -0.2) is 8.78 Å². The monoisotopic (exact) mass is 330 g/mol. The lowest BCUT2D eigenvalue weighted by Gasteiger charge is -2.30. The van der Waals surface area contributed by atoms with Crippen molar-refractivity contribution in [3.8, 4) is 0 Å². The van der Waals surface area contributed by atoms with E-state index in [4.69, 9.17) is 0 Å². The second kappa shape index (κ2) is 6.92. The Kier molecular flexibility index (Phi) is 5.40. The number of carbonyl (C=O) groups excluding carboxylic acids is 1. The van der Waals surface area contributed by atoms with Gasteiger partial charge in [-0.15, -0.1) is 12.4 Å². The predicted molar refractivity (Wildman–Crippen MR) is 83.1 cm³/mol. The number of benzene rings is 1. The summed E-state index contributed by atoms with van der Waals surface area (Å²) in [6, 6.07) is 4.55. The van der Waals surface area contributed by atoms with Gasteiger partial charge < -0.3 is 10.6 Å². The zero-order chi connectivity index (χ0) is 15.0. The van der Waals surface area contributed by atoms with Crippen LogP contribution < -0.4 is 10.6 Å². The van der Waals surface area contributed by atoms with Crippen molar-refractivity contribution in [2.45, 2.75) is 44.2 Å². The van der Waals surface area contributed by atoms with Crippen molar-refractivity contribution < 1.29 is 13.6 Å². The van der Waals surface area contributed by atoms with Crippen molar-refractivity contribution in [2.24, 2.45) is 5.92 Å². The Morgan fingerprint density at radius 1 is 1.36 bits per heavy atom. The fraction of sp³-hybridized carbons (Fsp3) is 0.562. The maximum Gasteiger partial charge on any atom is 0.224 e. The number of hydrogen-bond acceptors (Lipinski definition) is 2. The van der Waals surface area contributed by atoms with Crippen molar-refractivity contribution >= 4 is 18.3 Å². The largest absolute Gasteiger partial charge is 0.352 e. The van der Waals surface area contributed by atoms with Crippen molar-refractivity contribution in [3.63, 3.8) is 0 Å². The Morgan fingerprint density at radius 3 is 2.86 bits per heavy atom. The number of carbonyl (C=O) groups is 1. The van der Waals surface area contributed by atoms with Gasteiger partial charge in [0.05, 0.1) is 0 Å². The maximum atomic E-state index is 13.7. The average Bonchev–Trinajstić information content (AvgIpc) is 3.25. The maximum absolute atomic E-state index is 13.7. The zero-order valence-electron chi connectivity index (χ0n) is 12.4. The molecule has 1 amide bonds. The van der Waals surface area contributed by atoms with E-state index in [2.05, 4.69) is 17.6 Å². The third kappa shape index (κ3) is 3.41. The van der Waals surface area contributed by atoms with Crippen LogP contribution in [-0.2, 0) is 4.79 Å². The molecule has 1 saturated carbocycles. The molecule has 4 atom stereocenters. The third-order valence-corrected chi connectivity index (χ3v) is 4.60. The molecule has 0 aromatic heterocycles. The fourth-order valence-corrected chi connectivity index (χ4v) is 3.17. The third-order valence-electron chi connectivity index (χ3n) is 4.60. The van der Waals surface area contributed by atoms with Gasteiger partial charge in [-0.3, -0.25) is 4.79 Å². The van der Waals surface area contributed by atoms with Gasteiger partial charge in [0.15, 0.2) is 11.6 Å². The normalized spacial score (nSPS) is 30.3. The van der Waals surface area contributed by atoms with Crippen LogP contribution in [0, 0.1) is 17.6 Å². The van der Waals surface area contributed by atoms with Crippen LogP contribution in [0.4, 0.5) is 8.78 Å². The van der Waals surface area contributed by atoms with E-state index in [1.165, 1.54) is 6.07 Å². The van der Waals surface area contributed by atoms with Gasteiger partial charge in [0.25, 0.3) is 0 Å². The van der Waals surface area contributed by atoms with Crippen LogP contribution in [0.3, 0.4) is 0 Å². The molecule has 6 heteroatoms. The molecule has 3 nitrogen and oxygen atoms in total. The molecule has 1 saturated heterocycles. The molecule has 2 aliphatic rings. The van der Waals surface area contributed by atoms with Crippen molar-refractivity contribution in [3.05, 3.63) is 35.4 Å². The second-order valence-corrected chi connectivity index (χ2v) is 6.09. The molecule has 0 bridgehead atoms. The Hall–Kier alpha value is -1.20. The van der Waals surface area contributed by atoms with Crippen LogP contribution in [0.15, 0.2) is 18.2 Å². The Labute approximate surface area is 135 Å². The molecule has 1 aliphatic carbocycles. The minimum Gasteiger partial charge on any atom is -0.352 e. The standard InChI is InChI=1S/C16H20F2N2O.ClH/c1-9-14(6-3-7-19-9)20-16(21)12-8-11(12)10-4-2-5-13(17)15(10)18;/h2,4-5,9,11-12,14,19H,3,6-8H2,1H3,(H,20,21);1H. The van der Waals surface area contributed by atoms with E-state index in [0.717, 1.165) is 25.5 Å². The van der Waals surface area contributed by atoms with Crippen LogP contribution >= 0.6 is 12.4 Å². The van der Waals surface area contributed by atoms with Crippen LogP contribution in [-0.4, -0.2) is 24.5 Å². The molecule has 4 unspecified atom stereocenters. The highest BCUT2D eigenvalue weighted by molar-refractivity contribution is 5.85. The molecule has 0 radical (unpaired) electrons. The van der Waals surface area contributed by atoms with Crippen LogP contribution in [0.5, 0.6) is 0 Å². The number of rotatable bonds is 3. The molecular weight excluding hydrogens is 310 g/mol. The first kappa shape index (κ1) is 17.2. The summed E-state index contributed by atoms with van der Waals surface area (Å²) < 4.78 is 27.0. The summed E-state index contributed by atoms with van der Waals surface area (Å²) in [4.78, 5) is 12.2. The summed E-state index contributed by atoms with van der Waals surface area (Å²) in [7, 11) is 0. The van der Waals surface area contributed by atoms with E-state index in [1.54, 1.807) is 6.07 Å². The van der Waals surface area contributed by atoms with Crippen molar-refractivity contribution in [1.29, 1.82) is 0 Å². The van der Waals surface area contributed by atoms with Crippen LogP contribution in [0.2, 0.25) is 0 Å². The van der Waals surface area contributed by atoms with E-state index in [-0.39, 0.29) is 42.2 Å². The van der Waals surface area contributed by atoms with E-state index in [0.29, 0.717) is 12.0 Å². The smallest absolute Gasteiger partial charge is 0.224 e. The molecule has 1 heterocycles. The first-order valence-electron chi connectivity index (χ1n) is 7.55. The van der Waals surface area contributed by atoms with Gasteiger partial charge in [-0.05, 0) is 50.3 Å². The van der Waals surface area contributed by atoms with E-state index in [1.807, 2.05) is 0 Å².